The SMILES string of the molecule is CCC(C#N)(CC)C(=O)N1CCCC(C)(O)C1. The number of nitrogens with zero attached hydrogens (tertiary/aromatic N) is 2. The average molecular weight is 238 g/mol. The van der Waals surface area contributed by atoms with Crippen molar-refractivity contribution in [1.29, 1.82) is 5.26 Å². The summed E-state index contributed by atoms with van der Waals surface area (Å²) in [7, 11) is 0. The Balaban J connectivity index is 2.86. The molecule has 0 saturated carbocycles. The predicted octanol–water partition coefficient (Wildman–Crippen LogP) is 1.69. The van der Waals surface area contributed by atoms with E-state index < -0.39 is 11.0 Å². The summed E-state index contributed by atoms with van der Waals surface area (Å²) in [5, 5.41) is 19.2. The largest absolute Gasteiger partial charge is 0.388 e. The van der Waals surface area contributed by atoms with Gasteiger partial charge in [0.25, 0.3) is 0 Å². The van der Waals surface area contributed by atoms with Gasteiger partial charge in [0.1, 0.15) is 5.41 Å². The average Bonchev–Trinajstić information content (AvgIpc) is 2.30. The predicted molar refractivity (Wildman–Crippen MR) is 65.1 cm³/mol. The van der Waals surface area contributed by atoms with Crippen LogP contribution in [0.25, 0.3) is 0 Å². The quantitative estimate of drug-likeness (QED) is 0.813. The van der Waals surface area contributed by atoms with E-state index in [0.29, 0.717) is 32.4 Å². The number of nitriles is 1. The van der Waals surface area contributed by atoms with E-state index in [0.717, 1.165) is 6.42 Å². The number of hydrogen-bond acceptors (Lipinski definition) is 3. The molecule has 1 N–H and O–H groups in total. The number of likely N-dealkylation sites (tertiary alicyclic amines) is 1. The van der Waals surface area contributed by atoms with Crippen LogP contribution in [0.2, 0.25) is 0 Å². The number of carbonyl (C=O) groups excluding carboxylic acids is 1. The summed E-state index contributed by atoms with van der Waals surface area (Å²) in [5.74, 6) is -0.120. The van der Waals surface area contributed by atoms with Gasteiger partial charge in [-0.1, -0.05) is 13.8 Å². The van der Waals surface area contributed by atoms with E-state index in [1.54, 1.807) is 11.8 Å². The fourth-order valence-electron chi connectivity index (χ4n) is 2.45. The molecular formula is C13H22N2O2. The maximum atomic E-state index is 12.4. The lowest BCUT2D eigenvalue weighted by Crippen LogP contribution is -2.52. The van der Waals surface area contributed by atoms with Gasteiger partial charge in [-0.15, -0.1) is 0 Å². The first kappa shape index (κ1) is 14.0. The van der Waals surface area contributed by atoms with E-state index in [2.05, 4.69) is 6.07 Å². The third-order valence-corrected chi connectivity index (χ3v) is 3.79. The Kier molecular flexibility index (Phi) is 4.16. The number of aliphatic hydroxyl groups is 1. The summed E-state index contributed by atoms with van der Waals surface area (Å²) in [6.45, 7) is 6.48. The minimum Gasteiger partial charge on any atom is -0.388 e. The monoisotopic (exact) mass is 238 g/mol. The van der Waals surface area contributed by atoms with Crippen molar-refractivity contribution in [3.63, 3.8) is 0 Å². The zero-order valence-electron chi connectivity index (χ0n) is 11.0. The molecule has 96 valence electrons. The van der Waals surface area contributed by atoms with Gasteiger partial charge in [-0.05, 0) is 32.6 Å². The maximum absolute atomic E-state index is 12.4. The summed E-state index contributed by atoms with van der Waals surface area (Å²) < 4.78 is 0. The molecule has 0 aliphatic carbocycles. The Morgan fingerprint density at radius 3 is 2.53 bits per heavy atom. The number of rotatable bonds is 3. The van der Waals surface area contributed by atoms with Crippen molar-refractivity contribution in [1.82, 2.24) is 4.90 Å². The van der Waals surface area contributed by atoms with Gasteiger partial charge in [-0.25, -0.2) is 0 Å². The van der Waals surface area contributed by atoms with Crippen LogP contribution >= 0.6 is 0 Å². The molecule has 0 radical (unpaired) electrons. The minimum absolute atomic E-state index is 0.120. The molecule has 0 aromatic heterocycles. The fraction of sp³-hybridized carbons (Fsp3) is 0.846. The van der Waals surface area contributed by atoms with Gasteiger partial charge in [0, 0.05) is 13.1 Å². The zero-order valence-corrected chi connectivity index (χ0v) is 11.0. The summed E-state index contributed by atoms with van der Waals surface area (Å²) in [6, 6.07) is 2.17. The fourth-order valence-corrected chi connectivity index (χ4v) is 2.45. The van der Waals surface area contributed by atoms with Crippen molar-refractivity contribution >= 4 is 5.91 Å². The van der Waals surface area contributed by atoms with Gasteiger partial charge < -0.3 is 10.0 Å². The van der Waals surface area contributed by atoms with Gasteiger partial charge in [0.15, 0.2) is 0 Å². The van der Waals surface area contributed by atoms with Crippen molar-refractivity contribution in [2.24, 2.45) is 5.41 Å². The van der Waals surface area contributed by atoms with Crippen molar-refractivity contribution in [2.45, 2.75) is 52.1 Å². The molecule has 0 aromatic rings. The zero-order chi connectivity index (χ0) is 13.1. The molecular weight excluding hydrogens is 216 g/mol. The third-order valence-electron chi connectivity index (χ3n) is 3.79. The van der Waals surface area contributed by atoms with E-state index >= 15 is 0 Å². The molecule has 4 nitrogen and oxygen atoms in total. The molecule has 4 heteroatoms. The molecule has 1 amide bonds. The summed E-state index contributed by atoms with van der Waals surface area (Å²) in [6.07, 6.45) is 2.57. The number of hydrogen-bond donors (Lipinski definition) is 1. The molecule has 1 saturated heterocycles. The van der Waals surface area contributed by atoms with E-state index in [4.69, 9.17) is 0 Å². The van der Waals surface area contributed by atoms with Crippen LogP contribution in [0.1, 0.15) is 46.5 Å². The van der Waals surface area contributed by atoms with Crippen LogP contribution in [-0.2, 0) is 4.79 Å². The molecule has 1 aliphatic heterocycles. The normalized spacial score (nSPS) is 25.5. The molecule has 0 spiro atoms. The van der Waals surface area contributed by atoms with Crippen LogP contribution in [0.4, 0.5) is 0 Å². The number of carbonyl (C=O) groups is 1. The number of amides is 1. The second-order valence-electron chi connectivity index (χ2n) is 5.23. The molecule has 1 atom stereocenters. The summed E-state index contributed by atoms with van der Waals surface area (Å²) in [4.78, 5) is 14.0. The highest BCUT2D eigenvalue weighted by molar-refractivity contribution is 5.85. The van der Waals surface area contributed by atoms with E-state index in [1.807, 2.05) is 13.8 Å². The summed E-state index contributed by atoms with van der Waals surface area (Å²) >= 11 is 0. The van der Waals surface area contributed by atoms with Gasteiger partial charge in [-0.3, -0.25) is 4.79 Å². The number of β-amino-alcohol motifs (C(OH)–C–C–N with tert-alkyl or cyclic N) is 1. The van der Waals surface area contributed by atoms with Crippen molar-refractivity contribution < 1.29 is 9.90 Å². The third kappa shape index (κ3) is 2.78. The Hall–Kier alpha value is -1.08. The molecule has 1 aliphatic rings. The van der Waals surface area contributed by atoms with Crippen LogP contribution in [-0.4, -0.2) is 34.6 Å². The van der Waals surface area contributed by atoms with Gasteiger partial charge in [-0.2, -0.15) is 5.26 Å². The second-order valence-corrected chi connectivity index (χ2v) is 5.23. The van der Waals surface area contributed by atoms with Gasteiger partial charge in [0.05, 0.1) is 11.7 Å². The number of piperidine rings is 1. The summed E-state index contributed by atoms with van der Waals surface area (Å²) in [5.41, 5.74) is -1.72. The van der Waals surface area contributed by atoms with Crippen LogP contribution in [0.3, 0.4) is 0 Å². The Labute approximate surface area is 103 Å². The van der Waals surface area contributed by atoms with E-state index in [1.165, 1.54) is 0 Å². The Bertz CT molecular complexity index is 327. The van der Waals surface area contributed by atoms with Crippen LogP contribution in [0.15, 0.2) is 0 Å². The smallest absolute Gasteiger partial charge is 0.243 e. The Morgan fingerprint density at radius 1 is 1.53 bits per heavy atom. The topological polar surface area (TPSA) is 64.3 Å². The van der Waals surface area contributed by atoms with Gasteiger partial charge >= 0.3 is 0 Å². The van der Waals surface area contributed by atoms with Gasteiger partial charge in [0.2, 0.25) is 5.91 Å². The first-order valence-electron chi connectivity index (χ1n) is 6.34. The highest BCUT2D eigenvalue weighted by Crippen LogP contribution is 2.31. The molecule has 1 heterocycles. The van der Waals surface area contributed by atoms with Crippen LogP contribution in [0, 0.1) is 16.7 Å². The van der Waals surface area contributed by atoms with Crippen LogP contribution < -0.4 is 0 Å². The van der Waals surface area contributed by atoms with E-state index in [9.17, 15) is 15.2 Å². The van der Waals surface area contributed by atoms with Crippen molar-refractivity contribution in [3.8, 4) is 6.07 Å². The standard InChI is InChI=1S/C13H22N2O2/c1-4-13(5-2,9-14)11(16)15-8-6-7-12(3,17)10-15/h17H,4-8,10H2,1-3H3. The minimum atomic E-state index is -0.909. The lowest BCUT2D eigenvalue weighted by atomic mass is 9.81. The maximum Gasteiger partial charge on any atom is 0.243 e. The lowest BCUT2D eigenvalue weighted by molar-refractivity contribution is -0.145. The molecule has 1 rings (SSSR count). The molecule has 1 unspecified atom stereocenters. The Morgan fingerprint density at radius 2 is 2.12 bits per heavy atom. The highest BCUT2D eigenvalue weighted by Gasteiger charge is 2.41. The first-order valence-corrected chi connectivity index (χ1v) is 6.34. The highest BCUT2D eigenvalue weighted by atomic mass is 16.3. The lowest BCUT2D eigenvalue weighted by Gasteiger charge is -2.40. The van der Waals surface area contributed by atoms with Crippen LogP contribution in [0.5, 0.6) is 0 Å². The second kappa shape index (κ2) is 5.05. The molecule has 17 heavy (non-hydrogen) atoms. The first-order chi connectivity index (χ1) is 7.90. The van der Waals surface area contributed by atoms with Crippen molar-refractivity contribution in [3.05, 3.63) is 0 Å². The molecule has 0 aromatic carbocycles. The molecule has 0 bridgehead atoms. The van der Waals surface area contributed by atoms with Crippen molar-refractivity contribution in [2.75, 3.05) is 13.1 Å². The van der Waals surface area contributed by atoms with E-state index in [-0.39, 0.29) is 5.91 Å². The molecule has 1 fully saturated rings.